The number of hydrogen-bond acceptors (Lipinski definition) is 2. The second-order valence-corrected chi connectivity index (χ2v) is 5.59. The van der Waals surface area contributed by atoms with Crippen LogP contribution >= 0.6 is 11.3 Å². The van der Waals surface area contributed by atoms with Crippen LogP contribution in [0.4, 0.5) is 0 Å². The number of thiophene rings is 1. The van der Waals surface area contributed by atoms with E-state index in [9.17, 15) is 4.79 Å². The van der Waals surface area contributed by atoms with Gasteiger partial charge in [-0.25, -0.2) is 0 Å². The molecule has 1 amide bonds. The summed E-state index contributed by atoms with van der Waals surface area (Å²) in [6.45, 7) is 4.80. The van der Waals surface area contributed by atoms with Crippen LogP contribution in [0.2, 0.25) is 0 Å². The molecule has 0 radical (unpaired) electrons. The van der Waals surface area contributed by atoms with E-state index in [1.54, 1.807) is 16.2 Å². The Balaban J connectivity index is 2.23. The summed E-state index contributed by atoms with van der Waals surface area (Å²) in [6, 6.07) is 12.1. The molecule has 0 saturated heterocycles. The van der Waals surface area contributed by atoms with E-state index in [1.165, 1.54) is 15.3 Å². The SMILES string of the molecule is CCN(C)C(=O)c1ccc(-c2ccc(C)s2)cc1. The van der Waals surface area contributed by atoms with Gasteiger partial charge in [-0.1, -0.05) is 12.1 Å². The molecule has 1 aromatic carbocycles. The lowest BCUT2D eigenvalue weighted by molar-refractivity contribution is 0.0802. The van der Waals surface area contributed by atoms with E-state index in [1.807, 2.05) is 38.2 Å². The van der Waals surface area contributed by atoms with Crippen LogP contribution in [-0.2, 0) is 0 Å². The standard InChI is InChI=1S/C15H17NOS/c1-4-16(3)15(17)13-8-6-12(7-9-13)14-10-5-11(2)18-14/h5-10H,4H2,1-3H3. The van der Waals surface area contributed by atoms with Crippen molar-refractivity contribution in [3.63, 3.8) is 0 Å². The quantitative estimate of drug-likeness (QED) is 0.820. The Morgan fingerprint density at radius 3 is 2.33 bits per heavy atom. The monoisotopic (exact) mass is 259 g/mol. The molecule has 1 aromatic heterocycles. The average molecular weight is 259 g/mol. The molecular weight excluding hydrogens is 242 g/mol. The van der Waals surface area contributed by atoms with Crippen molar-refractivity contribution in [2.24, 2.45) is 0 Å². The van der Waals surface area contributed by atoms with Crippen LogP contribution in [0.5, 0.6) is 0 Å². The van der Waals surface area contributed by atoms with E-state index in [-0.39, 0.29) is 5.91 Å². The Morgan fingerprint density at radius 2 is 1.83 bits per heavy atom. The van der Waals surface area contributed by atoms with Crippen molar-refractivity contribution in [1.29, 1.82) is 0 Å². The topological polar surface area (TPSA) is 20.3 Å². The summed E-state index contributed by atoms with van der Waals surface area (Å²) in [6.07, 6.45) is 0. The second kappa shape index (κ2) is 5.36. The molecule has 0 spiro atoms. The van der Waals surface area contributed by atoms with E-state index in [0.717, 1.165) is 12.1 Å². The molecule has 94 valence electrons. The molecule has 0 saturated carbocycles. The van der Waals surface area contributed by atoms with Gasteiger partial charge in [0.15, 0.2) is 0 Å². The molecule has 0 aliphatic carbocycles. The number of hydrogen-bond donors (Lipinski definition) is 0. The third-order valence-electron chi connectivity index (χ3n) is 2.98. The van der Waals surface area contributed by atoms with E-state index < -0.39 is 0 Å². The first-order chi connectivity index (χ1) is 8.61. The molecule has 0 aliphatic rings. The van der Waals surface area contributed by atoms with Crippen molar-refractivity contribution in [2.75, 3.05) is 13.6 Å². The molecule has 0 N–H and O–H groups in total. The first-order valence-electron chi connectivity index (χ1n) is 6.04. The lowest BCUT2D eigenvalue weighted by atomic mass is 10.1. The van der Waals surface area contributed by atoms with Gasteiger partial charge < -0.3 is 4.90 Å². The number of rotatable bonds is 3. The summed E-state index contributed by atoms with van der Waals surface area (Å²) < 4.78 is 0. The summed E-state index contributed by atoms with van der Waals surface area (Å²) >= 11 is 1.77. The van der Waals surface area contributed by atoms with Crippen molar-refractivity contribution < 1.29 is 4.79 Å². The third-order valence-corrected chi connectivity index (χ3v) is 4.03. The number of amides is 1. The number of nitrogens with zero attached hydrogens (tertiary/aromatic N) is 1. The van der Waals surface area contributed by atoms with Gasteiger partial charge in [0.25, 0.3) is 5.91 Å². The van der Waals surface area contributed by atoms with Crippen molar-refractivity contribution in [2.45, 2.75) is 13.8 Å². The fourth-order valence-electron chi connectivity index (χ4n) is 1.73. The molecule has 0 aliphatic heterocycles. The fraction of sp³-hybridized carbons (Fsp3) is 0.267. The Hall–Kier alpha value is -1.61. The first-order valence-corrected chi connectivity index (χ1v) is 6.86. The minimum atomic E-state index is 0.0754. The second-order valence-electron chi connectivity index (χ2n) is 4.31. The molecular formula is C15H17NOS. The number of carbonyl (C=O) groups excluding carboxylic acids is 1. The number of benzene rings is 1. The van der Waals surface area contributed by atoms with E-state index >= 15 is 0 Å². The van der Waals surface area contributed by atoms with Gasteiger partial charge in [-0.3, -0.25) is 4.79 Å². The maximum Gasteiger partial charge on any atom is 0.253 e. The number of carbonyl (C=O) groups is 1. The highest BCUT2D eigenvalue weighted by Gasteiger charge is 2.10. The molecule has 0 bridgehead atoms. The average Bonchev–Trinajstić information content (AvgIpc) is 2.84. The van der Waals surface area contributed by atoms with Gasteiger partial charge in [0.1, 0.15) is 0 Å². The van der Waals surface area contributed by atoms with Crippen molar-refractivity contribution in [3.8, 4) is 10.4 Å². The van der Waals surface area contributed by atoms with E-state index in [0.29, 0.717) is 0 Å². The predicted molar refractivity (Wildman–Crippen MR) is 77.1 cm³/mol. The van der Waals surface area contributed by atoms with Crippen molar-refractivity contribution >= 4 is 17.2 Å². The van der Waals surface area contributed by atoms with Crippen LogP contribution in [0.25, 0.3) is 10.4 Å². The Kier molecular flexibility index (Phi) is 3.82. The zero-order valence-electron chi connectivity index (χ0n) is 10.9. The van der Waals surface area contributed by atoms with Gasteiger partial charge in [0, 0.05) is 28.9 Å². The Bertz CT molecular complexity index is 542. The zero-order valence-corrected chi connectivity index (χ0v) is 11.8. The van der Waals surface area contributed by atoms with Crippen LogP contribution in [0, 0.1) is 6.92 Å². The highest BCUT2D eigenvalue weighted by Crippen LogP contribution is 2.27. The summed E-state index contributed by atoms with van der Waals surface area (Å²) in [7, 11) is 1.82. The van der Waals surface area contributed by atoms with Gasteiger partial charge in [0.2, 0.25) is 0 Å². The minimum absolute atomic E-state index is 0.0754. The highest BCUT2D eigenvalue weighted by molar-refractivity contribution is 7.15. The van der Waals surface area contributed by atoms with Crippen LogP contribution < -0.4 is 0 Å². The van der Waals surface area contributed by atoms with Crippen LogP contribution in [0.3, 0.4) is 0 Å². The highest BCUT2D eigenvalue weighted by atomic mass is 32.1. The molecule has 0 atom stereocenters. The maximum atomic E-state index is 12.0. The number of aryl methyl sites for hydroxylation is 1. The van der Waals surface area contributed by atoms with E-state index in [2.05, 4.69) is 19.1 Å². The lowest BCUT2D eigenvalue weighted by Gasteiger charge is -2.14. The zero-order chi connectivity index (χ0) is 13.1. The summed E-state index contributed by atoms with van der Waals surface area (Å²) in [5.74, 6) is 0.0754. The summed E-state index contributed by atoms with van der Waals surface area (Å²) in [4.78, 5) is 16.2. The third kappa shape index (κ3) is 2.62. The lowest BCUT2D eigenvalue weighted by Crippen LogP contribution is -2.26. The van der Waals surface area contributed by atoms with Crippen molar-refractivity contribution in [1.82, 2.24) is 4.90 Å². The largest absolute Gasteiger partial charge is 0.342 e. The molecule has 2 rings (SSSR count). The van der Waals surface area contributed by atoms with Gasteiger partial charge in [-0.15, -0.1) is 11.3 Å². The molecule has 0 fully saturated rings. The molecule has 2 aromatic rings. The predicted octanol–water partition coefficient (Wildman–Crippen LogP) is 3.82. The Labute approximate surface area is 112 Å². The molecule has 0 unspecified atom stereocenters. The van der Waals surface area contributed by atoms with Gasteiger partial charge >= 0.3 is 0 Å². The first kappa shape index (κ1) is 12.8. The van der Waals surface area contributed by atoms with Gasteiger partial charge in [-0.05, 0) is 43.7 Å². The summed E-state index contributed by atoms with van der Waals surface area (Å²) in [5, 5.41) is 0. The van der Waals surface area contributed by atoms with Gasteiger partial charge in [0.05, 0.1) is 0 Å². The van der Waals surface area contributed by atoms with Gasteiger partial charge in [-0.2, -0.15) is 0 Å². The smallest absolute Gasteiger partial charge is 0.253 e. The molecule has 3 heteroatoms. The van der Waals surface area contributed by atoms with Crippen LogP contribution in [0.15, 0.2) is 36.4 Å². The minimum Gasteiger partial charge on any atom is -0.342 e. The van der Waals surface area contributed by atoms with Crippen LogP contribution in [-0.4, -0.2) is 24.4 Å². The maximum absolute atomic E-state index is 12.0. The van der Waals surface area contributed by atoms with E-state index in [4.69, 9.17) is 0 Å². The van der Waals surface area contributed by atoms with Crippen molar-refractivity contribution in [3.05, 3.63) is 46.8 Å². The molecule has 2 nitrogen and oxygen atoms in total. The Morgan fingerprint density at radius 1 is 1.17 bits per heavy atom. The molecule has 1 heterocycles. The summed E-state index contributed by atoms with van der Waals surface area (Å²) in [5.41, 5.74) is 1.92. The normalized spacial score (nSPS) is 10.4. The molecule has 18 heavy (non-hydrogen) atoms. The van der Waals surface area contributed by atoms with Crippen LogP contribution in [0.1, 0.15) is 22.2 Å². The fourth-order valence-corrected chi connectivity index (χ4v) is 2.60.